The van der Waals surface area contributed by atoms with E-state index in [1.54, 1.807) is 50.2 Å². The van der Waals surface area contributed by atoms with Crippen molar-refractivity contribution in [1.29, 1.82) is 0 Å². The number of ether oxygens (including phenoxy) is 5. The molecule has 0 bridgehead atoms. The van der Waals surface area contributed by atoms with Crippen LogP contribution in [-0.2, 0) is 39.8 Å². The summed E-state index contributed by atoms with van der Waals surface area (Å²) < 4.78 is 27.6. The van der Waals surface area contributed by atoms with Crippen molar-refractivity contribution in [3.05, 3.63) is 95.8 Å². The van der Waals surface area contributed by atoms with Gasteiger partial charge in [0, 0.05) is 18.3 Å². The molecule has 0 spiro atoms. The number of aromatic nitrogens is 1. The van der Waals surface area contributed by atoms with Crippen molar-refractivity contribution in [3.8, 4) is 11.5 Å². The zero-order valence-electron chi connectivity index (χ0n) is 26.4. The maximum atomic E-state index is 13.5. The normalized spacial score (nSPS) is 19.9. The van der Waals surface area contributed by atoms with E-state index in [2.05, 4.69) is 10.3 Å². The van der Waals surface area contributed by atoms with E-state index in [1.165, 1.54) is 38.4 Å². The van der Waals surface area contributed by atoms with E-state index in [1.807, 2.05) is 24.3 Å². The molecule has 12 nitrogen and oxygen atoms in total. The Hall–Kier alpha value is -5.52. The van der Waals surface area contributed by atoms with Gasteiger partial charge < -0.3 is 29.0 Å². The highest BCUT2D eigenvalue weighted by Crippen LogP contribution is 2.30. The average molecular weight is 645 g/mol. The van der Waals surface area contributed by atoms with Crippen LogP contribution < -0.4 is 14.8 Å². The van der Waals surface area contributed by atoms with Crippen LogP contribution in [-0.4, -0.2) is 66.7 Å². The van der Waals surface area contributed by atoms with Crippen molar-refractivity contribution in [2.45, 2.75) is 45.4 Å². The molecular weight excluding hydrogens is 608 g/mol. The first-order valence-electron chi connectivity index (χ1n) is 15.0. The average Bonchev–Trinajstić information content (AvgIpc) is 3.10. The maximum Gasteiger partial charge on any atom is 0.336 e. The minimum atomic E-state index is -1.49. The van der Waals surface area contributed by atoms with E-state index in [9.17, 15) is 24.0 Å². The van der Waals surface area contributed by atoms with E-state index in [0.29, 0.717) is 0 Å². The Balaban J connectivity index is 1.56. The first-order valence-corrected chi connectivity index (χ1v) is 15.0. The third-order valence-electron chi connectivity index (χ3n) is 7.19. The highest BCUT2D eigenvalue weighted by Gasteiger charge is 2.42. The van der Waals surface area contributed by atoms with E-state index < -0.39 is 66.5 Å². The zero-order chi connectivity index (χ0) is 33.9. The summed E-state index contributed by atoms with van der Waals surface area (Å²) in [5.74, 6) is -5.83. The molecule has 4 atom stereocenters. The van der Waals surface area contributed by atoms with Crippen LogP contribution in [0, 0.1) is 11.8 Å². The van der Waals surface area contributed by atoms with Gasteiger partial charge in [0.1, 0.15) is 18.6 Å². The zero-order valence-corrected chi connectivity index (χ0v) is 26.4. The Labute approximate surface area is 272 Å². The number of hydrogen-bond acceptors (Lipinski definition) is 11. The smallest absolute Gasteiger partial charge is 0.336 e. The molecule has 12 heteroatoms. The topological polar surface area (TPSA) is 156 Å². The largest absolute Gasteiger partial charge is 0.493 e. The number of benzene rings is 2. The monoisotopic (exact) mass is 644 g/mol. The van der Waals surface area contributed by atoms with Crippen molar-refractivity contribution < 1.29 is 47.7 Å². The molecule has 1 N–H and O–H groups in total. The fraction of sp³-hybridized carbons (Fsp3) is 0.314. The van der Waals surface area contributed by atoms with Crippen LogP contribution in [0.1, 0.15) is 42.4 Å². The predicted octanol–water partition coefficient (Wildman–Crippen LogP) is 3.72. The van der Waals surface area contributed by atoms with Gasteiger partial charge in [-0.3, -0.25) is 14.4 Å². The molecule has 2 aromatic carbocycles. The quantitative estimate of drug-likeness (QED) is 0.195. The van der Waals surface area contributed by atoms with Crippen molar-refractivity contribution in [2.24, 2.45) is 11.8 Å². The molecule has 0 unspecified atom stereocenters. The Bertz CT molecular complexity index is 1610. The number of rotatable bonds is 10. The van der Waals surface area contributed by atoms with Gasteiger partial charge in [0.25, 0.3) is 5.91 Å². The molecule has 0 saturated carbocycles. The molecule has 246 valence electrons. The lowest BCUT2D eigenvalue weighted by atomic mass is 9.91. The molecule has 1 saturated heterocycles. The summed E-state index contributed by atoms with van der Waals surface area (Å²) in [6.07, 6.45) is 1.84. The summed E-state index contributed by atoms with van der Waals surface area (Å²) in [5, 5.41) is 2.46. The van der Waals surface area contributed by atoms with Gasteiger partial charge in [-0.1, -0.05) is 74.5 Å². The van der Waals surface area contributed by atoms with E-state index in [0.717, 1.165) is 11.1 Å². The number of cyclic esters (lactones) is 2. The van der Waals surface area contributed by atoms with Crippen LogP contribution in [0.15, 0.2) is 79.0 Å². The van der Waals surface area contributed by atoms with E-state index in [-0.39, 0.29) is 23.6 Å². The van der Waals surface area contributed by atoms with Crippen molar-refractivity contribution in [1.82, 2.24) is 10.3 Å². The van der Waals surface area contributed by atoms with Crippen molar-refractivity contribution in [2.75, 3.05) is 13.7 Å². The SMILES string of the molecule is COc1ccnc(C(=O)N[C@H]2COC(=O)[C@H](Cc3ccccc3)[C@@H](OC(=O)C(C)C)[C@H](C)OC2=O)c1OC(=O)/C=C/c1ccccc1. The van der Waals surface area contributed by atoms with Crippen LogP contribution in [0.3, 0.4) is 0 Å². The lowest BCUT2D eigenvalue weighted by Crippen LogP contribution is -2.47. The Kier molecular flexibility index (Phi) is 11.8. The van der Waals surface area contributed by atoms with Gasteiger partial charge >= 0.3 is 23.9 Å². The highest BCUT2D eigenvalue weighted by molar-refractivity contribution is 5.99. The van der Waals surface area contributed by atoms with Crippen LogP contribution >= 0.6 is 0 Å². The molecule has 0 aliphatic carbocycles. The van der Waals surface area contributed by atoms with Gasteiger partial charge in [0.05, 0.1) is 13.0 Å². The van der Waals surface area contributed by atoms with Gasteiger partial charge in [-0.25, -0.2) is 14.6 Å². The Morgan fingerprint density at radius 2 is 1.68 bits per heavy atom. The third kappa shape index (κ3) is 9.25. The second kappa shape index (κ2) is 16.2. The van der Waals surface area contributed by atoms with Crippen LogP contribution in [0.5, 0.6) is 11.5 Å². The fourth-order valence-corrected chi connectivity index (χ4v) is 4.69. The Morgan fingerprint density at radius 3 is 2.34 bits per heavy atom. The van der Waals surface area contributed by atoms with Gasteiger partial charge in [-0.2, -0.15) is 0 Å². The number of pyridine rings is 1. The molecular formula is C35H36N2O10. The van der Waals surface area contributed by atoms with Crippen LogP contribution in [0.2, 0.25) is 0 Å². The standard InChI is InChI=1S/C35H36N2O10/c1-21(2)33(40)47-30-22(3)45-35(42)26(20-44-34(41)25(30)19-24-13-9-6-10-14-24)37-32(39)29-31(27(43-4)17-18-36-29)46-28(38)16-15-23-11-7-5-8-12-23/h5-18,21-22,25-26,30H,19-20H2,1-4H3,(H,37,39)/b16-15+/t22-,25+,26-,30-/m0/s1. The molecule has 0 radical (unpaired) electrons. The minimum absolute atomic E-state index is 0.0299. The van der Waals surface area contributed by atoms with Crippen LogP contribution in [0.25, 0.3) is 6.08 Å². The summed E-state index contributed by atoms with van der Waals surface area (Å²) in [6, 6.07) is 18.0. The molecule has 1 fully saturated rings. The summed E-state index contributed by atoms with van der Waals surface area (Å²) >= 11 is 0. The number of amides is 1. The van der Waals surface area contributed by atoms with Gasteiger partial charge in [-0.15, -0.1) is 0 Å². The second-order valence-corrected chi connectivity index (χ2v) is 11.0. The lowest BCUT2D eigenvalue weighted by Gasteiger charge is -2.29. The molecule has 1 amide bonds. The number of esters is 4. The van der Waals surface area contributed by atoms with Crippen molar-refractivity contribution >= 4 is 35.9 Å². The van der Waals surface area contributed by atoms with Gasteiger partial charge in [0.2, 0.25) is 5.75 Å². The first kappa shape index (κ1) is 34.4. The summed E-state index contributed by atoms with van der Waals surface area (Å²) in [4.78, 5) is 69.7. The maximum absolute atomic E-state index is 13.5. The number of nitrogens with zero attached hydrogens (tertiary/aromatic N) is 1. The second-order valence-electron chi connectivity index (χ2n) is 11.0. The summed E-state index contributed by atoms with van der Waals surface area (Å²) in [7, 11) is 1.32. The lowest BCUT2D eigenvalue weighted by molar-refractivity contribution is -0.176. The molecule has 47 heavy (non-hydrogen) atoms. The molecule has 3 aromatic rings. The Morgan fingerprint density at radius 1 is 1.00 bits per heavy atom. The van der Waals surface area contributed by atoms with E-state index in [4.69, 9.17) is 23.7 Å². The number of nitrogens with one attached hydrogen (secondary N) is 1. The van der Waals surface area contributed by atoms with Gasteiger partial charge in [-0.05, 0) is 30.5 Å². The molecule has 1 aliphatic heterocycles. The number of carbonyl (C=O) groups excluding carboxylic acids is 5. The van der Waals surface area contributed by atoms with Gasteiger partial charge in [0.15, 0.2) is 23.6 Å². The number of methoxy groups -OCH3 is 1. The van der Waals surface area contributed by atoms with Crippen LogP contribution in [0.4, 0.5) is 0 Å². The molecule has 4 rings (SSSR count). The highest BCUT2D eigenvalue weighted by atomic mass is 16.6. The summed E-state index contributed by atoms with van der Waals surface area (Å²) in [6.45, 7) is 4.19. The van der Waals surface area contributed by atoms with E-state index >= 15 is 0 Å². The first-order chi connectivity index (χ1) is 22.6. The molecule has 2 heterocycles. The number of carbonyl (C=O) groups is 5. The minimum Gasteiger partial charge on any atom is -0.493 e. The van der Waals surface area contributed by atoms with Crippen molar-refractivity contribution in [3.63, 3.8) is 0 Å². The third-order valence-corrected chi connectivity index (χ3v) is 7.19. The predicted molar refractivity (Wildman–Crippen MR) is 168 cm³/mol. The molecule has 1 aliphatic rings. The number of hydrogen-bond donors (Lipinski definition) is 1. The fourth-order valence-electron chi connectivity index (χ4n) is 4.69. The molecule has 1 aromatic heterocycles. The summed E-state index contributed by atoms with van der Waals surface area (Å²) in [5.41, 5.74) is 1.14.